The van der Waals surface area contributed by atoms with Crippen LogP contribution in [0.3, 0.4) is 0 Å². The molecule has 0 saturated heterocycles. The Kier molecular flexibility index (Phi) is 5.56. The van der Waals surface area contributed by atoms with Crippen LogP contribution < -0.4 is 5.32 Å². The second kappa shape index (κ2) is 7.72. The van der Waals surface area contributed by atoms with Gasteiger partial charge in [-0.3, -0.25) is 4.79 Å². The fraction of sp³-hybridized carbons (Fsp3) is 0.381. The van der Waals surface area contributed by atoms with Crippen molar-refractivity contribution in [3.05, 3.63) is 71.3 Å². The summed E-state index contributed by atoms with van der Waals surface area (Å²) in [5, 5.41) is 3.00. The van der Waals surface area contributed by atoms with Crippen molar-refractivity contribution in [2.45, 2.75) is 24.6 Å². The molecule has 3 atom stereocenters. The van der Waals surface area contributed by atoms with Gasteiger partial charge >= 0.3 is 6.18 Å². The third-order valence-electron chi connectivity index (χ3n) is 5.07. The van der Waals surface area contributed by atoms with E-state index in [2.05, 4.69) is 10.2 Å². The van der Waals surface area contributed by atoms with Gasteiger partial charge in [-0.25, -0.2) is 0 Å². The number of halogens is 3. The molecule has 0 bridgehead atoms. The van der Waals surface area contributed by atoms with Crippen molar-refractivity contribution in [2.24, 2.45) is 5.92 Å². The van der Waals surface area contributed by atoms with Gasteiger partial charge in [0.15, 0.2) is 0 Å². The number of carbonyl (C=O) groups is 1. The second-order valence-corrected chi connectivity index (χ2v) is 7.20. The Morgan fingerprint density at radius 1 is 1.11 bits per heavy atom. The van der Waals surface area contributed by atoms with Gasteiger partial charge in [-0.05, 0) is 49.7 Å². The molecular formula is C21H23F3N2O. The standard InChI is InChI=1S/C21H23F3N2O/c1-26(2)19(15-6-4-3-5-7-15)13-25-20(27)18-12-17(18)14-8-10-16(11-9-14)21(22,23)24/h3-11,17-19H,12-13H2,1-2H3,(H,25,27)/t17-,18+,19+/m0/s1. The van der Waals surface area contributed by atoms with Gasteiger partial charge in [-0.15, -0.1) is 0 Å². The Balaban J connectivity index is 1.57. The van der Waals surface area contributed by atoms with Gasteiger partial charge < -0.3 is 10.2 Å². The second-order valence-electron chi connectivity index (χ2n) is 7.20. The number of rotatable bonds is 6. The highest BCUT2D eigenvalue weighted by Gasteiger charge is 2.44. The van der Waals surface area contributed by atoms with E-state index in [9.17, 15) is 18.0 Å². The van der Waals surface area contributed by atoms with E-state index in [0.29, 0.717) is 13.0 Å². The predicted octanol–water partition coefficient (Wildman–Crippen LogP) is 4.23. The molecule has 0 spiro atoms. The van der Waals surface area contributed by atoms with Gasteiger partial charge in [0, 0.05) is 12.5 Å². The fourth-order valence-electron chi connectivity index (χ4n) is 3.37. The molecule has 1 N–H and O–H groups in total. The van der Waals surface area contributed by atoms with Crippen LogP contribution in [0.25, 0.3) is 0 Å². The van der Waals surface area contributed by atoms with E-state index in [1.54, 1.807) is 0 Å². The number of alkyl halides is 3. The van der Waals surface area contributed by atoms with E-state index >= 15 is 0 Å². The number of hydrogen-bond donors (Lipinski definition) is 1. The van der Waals surface area contributed by atoms with Crippen LogP contribution in [0.2, 0.25) is 0 Å². The van der Waals surface area contributed by atoms with E-state index in [0.717, 1.165) is 23.3 Å². The molecular weight excluding hydrogens is 353 g/mol. The maximum atomic E-state index is 12.7. The lowest BCUT2D eigenvalue weighted by Crippen LogP contribution is -2.35. The average Bonchev–Trinajstić information content (AvgIpc) is 3.42. The van der Waals surface area contributed by atoms with Crippen molar-refractivity contribution < 1.29 is 18.0 Å². The maximum absolute atomic E-state index is 12.7. The quantitative estimate of drug-likeness (QED) is 0.818. The largest absolute Gasteiger partial charge is 0.416 e. The van der Waals surface area contributed by atoms with Crippen molar-refractivity contribution >= 4 is 5.91 Å². The summed E-state index contributed by atoms with van der Waals surface area (Å²) in [7, 11) is 3.93. The van der Waals surface area contributed by atoms with Crippen molar-refractivity contribution in [1.29, 1.82) is 0 Å². The van der Waals surface area contributed by atoms with Gasteiger partial charge in [0.2, 0.25) is 5.91 Å². The van der Waals surface area contributed by atoms with Crippen LogP contribution in [0.1, 0.15) is 35.1 Å². The first-order valence-electron chi connectivity index (χ1n) is 8.93. The zero-order valence-electron chi connectivity index (χ0n) is 15.3. The summed E-state index contributed by atoms with van der Waals surface area (Å²) in [5.74, 6) is -0.204. The Labute approximate surface area is 157 Å². The minimum atomic E-state index is -4.34. The Bertz CT molecular complexity index is 772. The van der Waals surface area contributed by atoms with Crippen molar-refractivity contribution in [2.75, 3.05) is 20.6 Å². The van der Waals surface area contributed by atoms with Crippen LogP contribution in [-0.4, -0.2) is 31.4 Å². The van der Waals surface area contributed by atoms with Crippen molar-refractivity contribution in [1.82, 2.24) is 10.2 Å². The third kappa shape index (κ3) is 4.69. The first kappa shape index (κ1) is 19.4. The topological polar surface area (TPSA) is 32.3 Å². The summed E-state index contributed by atoms with van der Waals surface area (Å²) >= 11 is 0. The number of benzene rings is 2. The zero-order valence-corrected chi connectivity index (χ0v) is 15.3. The predicted molar refractivity (Wildman–Crippen MR) is 98.2 cm³/mol. The summed E-state index contributed by atoms with van der Waals surface area (Å²) in [6.45, 7) is 0.492. The number of carbonyl (C=O) groups excluding carboxylic acids is 1. The van der Waals surface area contributed by atoms with Crippen LogP contribution in [0.4, 0.5) is 13.2 Å². The highest BCUT2D eigenvalue weighted by Crippen LogP contribution is 2.48. The van der Waals surface area contributed by atoms with Gasteiger partial charge in [0.1, 0.15) is 0 Å². The lowest BCUT2D eigenvalue weighted by molar-refractivity contribution is -0.137. The number of likely N-dealkylation sites (N-methyl/N-ethyl adjacent to an activating group) is 1. The molecule has 1 saturated carbocycles. The van der Waals surface area contributed by atoms with E-state index in [-0.39, 0.29) is 23.8 Å². The lowest BCUT2D eigenvalue weighted by atomic mass is 10.1. The minimum Gasteiger partial charge on any atom is -0.354 e. The van der Waals surface area contributed by atoms with Crippen LogP contribution in [0.5, 0.6) is 0 Å². The van der Waals surface area contributed by atoms with E-state index in [1.807, 2.05) is 44.4 Å². The molecule has 0 radical (unpaired) electrons. The Morgan fingerprint density at radius 3 is 2.30 bits per heavy atom. The molecule has 1 amide bonds. The normalized spacial score (nSPS) is 20.4. The van der Waals surface area contributed by atoms with E-state index in [4.69, 9.17) is 0 Å². The zero-order chi connectivity index (χ0) is 19.6. The molecule has 144 valence electrons. The van der Waals surface area contributed by atoms with Gasteiger partial charge in [-0.1, -0.05) is 42.5 Å². The summed E-state index contributed by atoms with van der Waals surface area (Å²) in [5.41, 5.74) is 1.25. The summed E-state index contributed by atoms with van der Waals surface area (Å²) < 4.78 is 38.0. The molecule has 0 aliphatic heterocycles. The third-order valence-corrected chi connectivity index (χ3v) is 5.07. The van der Waals surface area contributed by atoms with Crippen molar-refractivity contribution in [3.63, 3.8) is 0 Å². The molecule has 1 aliphatic carbocycles. The summed E-state index contributed by atoms with van der Waals surface area (Å²) in [6, 6.07) is 15.1. The highest BCUT2D eigenvalue weighted by atomic mass is 19.4. The Morgan fingerprint density at radius 2 is 1.74 bits per heavy atom. The number of amides is 1. The first-order chi connectivity index (χ1) is 12.8. The monoisotopic (exact) mass is 376 g/mol. The van der Waals surface area contributed by atoms with Gasteiger partial charge in [-0.2, -0.15) is 13.2 Å². The SMILES string of the molecule is CN(C)[C@H](CNC(=O)[C@@H]1C[C@H]1c1ccc(C(F)(F)F)cc1)c1ccccc1. The fourth-order valence-corrected chi connectivity index (χ4v) is 3.37. The molecule has 0 unspecified atom stereocenters. The molecule has 1 aliphatic rings. The minimum absolute atomic E-state index is 0.00168. The van der Waals surface area contributed by atoms with E-state index in [1.165, 1.54) is 12.1 Å². The van der Waals surface area contributed by atoms with Gasteiger partial charge in [0.05, 0.1) is 11.6 Å². The molecule has 3 rings (SSSR count). The maximum Gasteiger partial charge on any atom is 0.416 e. The van der Waals surface area contributed by atoms with Crippen LogP contribution in [-0.2, 0) is 11.0 Å². The van der Waals surface area contributed by atoms with Crippen LogP contribution >= 0.6 is 0 Å². The average molecular weight is 376 g/mol. The van der Waals surface area contributed by atoms with Crippen molar-refractivity contribution in [3.8, 4) is 0 Å². The molecule has 0 aromatic heterocycles. The van der Waals surface area contributed by atoms with E-state index < -0.39 is 11.7 Å². The smallest absolute Gasteiger partial charge is 0.354 e. The molecule has 2 aromatic rings. The number of hydrogen-bond acceptors (Lipinski definition) is 2. The van der Waals surface area contributed by atoms with Crippen LogP contribution in [0, 0.1) is 5.92 Å². The number of nitrogens with zero attached hydrogens (tertiary/aromatic N) is 1. The van der Waals surface area contributed by atoms with Gasteiger partial charge in [0.25, 0.3) is 0 Å². The molecule has 27 heavy (non-hydrogen) atoms. The summed E-state index contributed by atoms with van der Waals surface area (Å²) in [6.07, 6.45) is -3.66. The molecule has 3 nitrogen and oxygen atoms in total. The lowest BCUT2D eigenvalue weighted by Gasteiger charge is -2.25. The Hall–Kier alpha value is -2.34. The molecule has 1 fully saturated rings. The molecule has 0 heterocycles. The first-order valence-corrected chi connectivity index (χ1v) is 8.93. The van der Waals surface area contributed by atoms with Crippen LogP contribution in [0.15, 0.2) is 54.6 Å². The molecule has 6 heteroatoms. The number of nitrogens with one attached hydrogen (secondary N) is 1. The highest BCUT2D eigenvalue weighted by molar-refractivity contribution is 5.82. The summed E-state index contributed by atoms with van der Waals surface area (Å²) in [4.78, 5) is 14.5. The molecule has 2 aromatic carbocycles.